The summed E-state index contributed by atoms with van der Waals surface area (Å²) >= 11 is 3.69. The molecule has 0 fully saturated rings. The van der Waals surface area contributed by atoms with Gasteiger partial charge in [-0.2, -0.15) is 0 Å². The Morgan fingerprint density at radius 2 is 2.00 bits per heavy atom. The Bertz CT molecular complexity index is 437. The molecule has 0 bridgehead atoms. The van der Waals surface area contributed by atoms with Gasteiger partial charge in [0.25, 0.3) is 0 Å². The monoisotopic (exact) mass is 294 g/mol. The highest BCUT2D eigenvalue weighted by molar-refractivity contribution is 7.10. The molecule has 2 aromatic rings. The molecule has 0 aliphatic carbocycles. The number of hydrogen-bond acceptors (Lipinski definition) is 4. The lowest BCUT2D eigenvalue weighted by Gasteiger charge is -2.20. The molecule has 4 heteroatoms. The van der Waals surface area contributed by atoms with Crippen LogP contribution in [0.15, 0.2) is 35.0 Å². The Balaban J connectivity index is 1.91. The largest absolute Gasteiger partial charge is 0.308 e. The SMILES string of the molecule is CCN(C)CCNC(Cc1cccs1)c1cccs1. The zero-order valence-electron chi connectivity index (χ0n) is 11.6. The van der Waals surface area contributed by atoms with Gasteiger partial charge in [-0.15, -0.1) is 22.7 Å². The van der Waals surface area contributed by atoms with Crippen molar-refractivity contribution >= 4 is 22.7 Å². The molecule has 19 heavy (non-hydrogen) atoms. The van der Waals surface area contributed by atoms with E-state index < -0.39 is 0 Å². The van der Waals surface area contributed by atoms with Gasteiger partial charge in [-0.1, -0.05) is 19.1 Å². The van der Waals surface area contributed by atoms with Crippen molar-refractivity contribution in [3.63, 3.8) is 0 Å². The maximum atomic E-state index is 3.70. The molecule has 0 radical (unpaired) electrons. The van der Waals surface area contributed by atoms with Crippen molar-refractivity contribution in [1.29, 1.82) is 0 Å². The van der Waals surface area contributed by atoms with Crippen molar-refractivity contribution in [1.82, 2.24) is 10.2 Å². The Labute approximate surface area is 124 Å². The van der Waals surface area contributed by atoms with Crippen LogP contribution in [0.3, 0.4) is 0 Å². The van der Waals surface area contributed by atoms with Crippen LogP contribution in [-0.2, 0) is 6.42 Å². The Morgan fingerprint density at radius 1 is 1.21 bits per heavy atom. The molecule has 2 rings (SSSR count). The van der Waals surface area contributed by atoms with Crippen LogP contribution in [0.1, 0.15) is 22.7 Å². The predicted molar refractivity (Wildman–Crippen MR) is 86.3 cm³/mol. The van der Waals surface area contributed by atoms with Crippen LogP contribution in [0.2, 0.25) is 0 Å². The van der Waals surface area contributed by atoms with E-state index in [9.17, 15) is 0 Å². The summed E-state index contributed by atoms with van der Waals surface area (Å²) < 4.78 is 0. The lowest BCUT2D eigenvalue weighted by atomic mass is 10.1. The van der Waals surface area contributed by atoms with Crippen molar-refractivity contribution in [2.24, 2.45) is 0 Å². The highest BCUT2D eigenvalue weighted by Gasteiger charge is 2.13. The van der Waals surface area contributed by atoms with Crippen LogP contribution in [0.25, 0.3) is 0 Å². The van der Waals surface area contributed by atoms with E-state index in [-0.39, 0.29) is 0 Å². The molecule has 2 aromatic heterocycles. The minimum absolute atomic E-state index is 0.448. The van der Waals surface area contributed by atoms with E-state index in [0.717, 1.165) is 26.1 Å². The first-order valence-corrected chi connectivity index (χ1v) is 8.53. The molecular formula is C15H22N2S2. The first-order valence-electron chi connectivity index (χ1n) is 6.77. The van der Waals surface area contributed by atoms with Gasteiger partial charge in [0.2, 0.25) is 0 Å². The van der Waals surface area contributed by atoms with Gasteiger partial charge in [0, 0.05) is 35.3 Å². The minimum Gasteiger partial charge on any atom is -0.308 e. The third-order valence-corrected chi connectivity index (χ3v) is 5.18. The average molecular weight is 294 g/mol. The summed E-state index contributed by atoms with van der Waals surface area (Å²) in [6, 6.07) is 9.19. The van der Waals surface area contributed by atoms with Crippen molar-refractivity contribution in [3.05, 3.63) is 44.8 Å². The number of rotatable bonds is 8. The highest BCUT2D eigenvalue weighted by Crippen LogP contribution is 2.24. The molecule has 0 amide bonds. The summed E-state index contributed by atoms with van der Waals surface area (Å²) in [5.74, 6) is 0. The summed E-state index contributed by atoms with van der Waals surface area (Å²) in [5.41, 5.74) is 0. The molecule has 0 aliphatic rings. The molecule has 1 N–H and O–H groups in total. The third-order valence-electron chi connectivity index (χ3n) is 3.30. The average Bonchev–Trinajstić information content (AvgIpc) is 3.10. The van der Waals surface area contributed by atoms with Gasteiger partial charge in [0.05, 0.1) is 0 Å². The second-order valence-electron chi connectivity index (χ2n) is 4.70. The quantitative estimate of drug-likeness (QED) is 0.800. The first-order chi connectivity index (χ1) is 9.29. The van der Waals surface area contributed by atoms with Crippen LogP contribution in [0.5, 0.6) is 0 Å². The van der Waals surface area contributed by atoms with E-state index in [4.69, 9.17) is 0 Å². The summed E-state index contributed by atoms with van der Waals surface area (Å²) in [6.07, 6.45) is 1.09. The fourth-order valence-electron chi connectivity index (χ4n) is 1.98. The maximum Gasteiger partial charge on any atom is 0.0464 e. The molecule has 0 saturated heterocycles. The van der Waals surface area contributed by atoms with Gasteiger partial charge in [-0.25, -0.2) is 0 Å². The lowest BCUT2D eigenvalue weighted by Crippen LogP contribution is -2.32. The fourth-order valence-corrected chi connectivity index (χ4v) is 3.53. The van der Waals surface area contributed by atoms with E-state index >= 15 is 0 Å². The molecule has 1 unspecified atom stereocenters. The number of likely N-dealkylation sites (N-methyl/N-ethyl adjacent to an activating group) is 1. The molecule has 0 spiro atoms. The number of nitrogens with zero attached hydrogens (tertiary/aromatic N) is 1. The number of thiophene rings is 2. The van der Waals surface area contributed by atoms with E-state index in [1.165, 1.54) is 9.75 Å². The Morgan fingerprint density at radius 3 is 2.63 bits per heavy atom. The number of nitrogens with one attached hydrogen (secondary N) is 1. The standard InChI is InChI=1S/C15H22N2S2/c1-3-17(2)9-8-16-14(15-7-5-11-19-15)12-13-6-4-10-18-13/h4-7,10-11,14,16H,3,8-9,12H2,1-2H3. The van der Waals surface area contributed by atoms with Crippen LogP contribution in [0, 0.1) is 0 Å². The second kappa shape index (κ2) is 7.80. The number of hydrogen-bond donors (Lipinski definition) is 1. The van der Waals surface area contributed by atoms with Gasteiger partial charge in [0.1, 0.15) is 0 Å². The summed E-state index contributed by atoms with van der Waals surface area (Å²) in [7, 11) is 2.17. The van der Waals surface area contributed by atoms with Gasteiger partial charge in [-0.05, 0) is 36.5 Å². The predicted octanol–water partition coefficient (Wildman–Crippen LogP) is 3.63. The van der Waals surface area contributed by atoms with Crippen LogP contribution < -0.4 is 5.32 Å². The molecule has 0 aromatic carbocycles. The van der Waals surface area contributed by atoms with E-state index in [0.29, 0.717) is 6.04 Å². The van der Waals surface area contributed by atoms with Gasteiger partial charge in [0.15, 0.2) is 0 Å². The minimum atomic E-state index is 0.448. The molecule has 2 nitrogen and oxygen atoms in total. The smallest absolute Gasteiger partial charge is 0.0464 e. The van der Waals surface area contributed by atoms with Gasteiger partial charge in [-0.3, -0.25) is 0 Å². The molecule has 1 atom stereocenters. The lowest BCUT2D eigenvalue weighted by molar-refractivity contribution is 0.340. The van der Waals surface area contributed by atoms with E-state index in [1.54, 1.807) is 0 Å². The van der Waals surface area contributed by atoms with Gasteiger partial charge >= 0.3 is 0 Å². The van der Waals surface area contributed by atoms with Crippen molar-refractivity contribution in [2.45, 2.75) is 19.4 Å². The topological polar surface area (TPSA) is 15.3 Å². The van der Waals surface area contributed by atoms with Crippen molar-refractivity contribution < 1.29 is 0 Å². The van der Waals surface area contributed by atoms with E-state index in [2.05, 4.69) is 59.2 Å². The Kier molecular flexibility index (Phi) is 6.04. The van der Waals surface area contributed by atoms with Crippen molar-refractivity contribution in [3.8, 4) is 0 Å². The normalized spacial score (nSPS) is 13.0. The zero-order valence-corrected chi connectivity index (χ0v) is 13.3. The summed E-state index contributed by atoms with van der Waals surface area (Å²) in [6.45, 7) is 5.44. The molecule has 2 heterocycles. The van der Waals surface area contributed by atoms with E-state index in [1.807, 2.05) is 22.7 Å². The zero-order chi connectivity index (χ0) is 13.5. The van der Waals surface area contributed by atoms with Crippen LogP contribution in [-0.4, -0.2) is 31.6 Å². The second-order valence-corrected chi connectivity index (χ2v) is 6.71. The maximum absolute atomic E-state index is 3.70. The Hall–Kier alpha value is -0.680. The van der Waals surface area contributed by atoms with Crippen LogP contribution >= 0.6 is 22.7 Å². The fraction of sp³-hybridized carbons (Fsp3) is 0.467. The van der Waals surface area contributed by atoms with Crippen LogP contribution in [0.4, 0.5) is 0 Å². The molecular weight excluding hydrogens is 272 g/mol. The van der Waals surface area contributed by atoms with Crippen molar-refractivity contribution in [2.75, 3.05) is 26.7 Å². The molecule has 0 saturated carbocycles. The first kappa shape index (κ1) is 14.7. The molecule has 104 valence electrons. The third kappa shape index (κ3) is 4.73. The summed E-state index contributed by atoms with van der Waals surface area (Å²) in [5, 5.41) is 8.02. The molecule has 0 aliphatic heterocycles. The highest BCUT2D eigenvalue weighted by atomic mass is 32.1. The summed E-state index contributed by atoms with van der Waals surface area (Å²) in [4.78, 5) is 5.23. The van der Waals surface area contributed by atoms with Gasteiger partial charge < -0.3 is 10.2 Å².